The van der Waals surface area contributed by atoms with Crippen molar-refractivity contribution in [1.82, 2.24) is 0 Å². The van der Waals surface area contributed by atoms with Gasteiger partial charge in [0.2, 0.25) is 0 Å². The maximum Gasteiger partial charge on any atom is 0.342 e. The SMILES string of the molecule is CCCCOc1cc(O)c2c(c1)/C=C/C[C@H](O)[C@H](C)C(=O)/C=C\[C@@H](C)[C@H](C)OC2=O. The molecule has 1 aliphatic heterocycles. The Labute approximate surface area is 178 Å². The summed E-state index contributed by atoms with van der Waals surface area (Å²) in [6.07, 6.45) is 7.13. The molecule has 0 radical (unpaired) electrons. The van der Waals surface area contributed by atoms with Crippen LogP contribution in [0.25, 0.3) is 6.08 Å². The second kappa shape index (κ2) is 11.0. The quantitative estimate of drug-likeness (QED) is 0.562. The van der Waals surface area contributed by atoms with E-state index in [9.17, 15) is 19.8 Å². The zero-order valence-electron chi connectivity index (χ0n) is 18.1. The van der Waals surface area contributed by atoms with Crippen molar-refractivity contribution in [3.8, 4) is 11.5 Å². The van der Waals surface area contributed by atoms with Gasteiger partial charge in [-0.1, -0.05) is 45.4 Å². The van der Waals surface area contributed by atoms with Gasteiger partial charge < -0.3 is 19.7 Å². The summed E-state index contributed by atoms with van der Waals surface area (Å²) in [6, 6.07) is 3.08. The Morgan fingerprint density at radius 1 is 1.17 bits per heavy atom. The Morgan fingerprint density at radius 2 is 1.90 bits per heavy atom. The van der Waals surface area contributed by atoms with Gasteiger partial charge in [0.1, 0.15) is 23.2 Å². The highest BCUT2D eigenvalue weighted by atomic mass is 16.5. The van der Waals surface area contributed by atoms with Gasteiger partial charge in [0.05, 0.1) is 12.7 Å². The number of unbranched alkanes of at least 4 members (excludes halogenated alkanes) is 1. The first-order valence-electron chi connectivity index (χ1n) is 10.5. The van der Waals surface area contributed by atoms with Gasteiger partial charge in [0, 0.05) is 17.9 Å². The maximum absolute atomic E-state index is 12.8. The van der Waals surface area contributed by atoms with Crippen LogP contribution in [-0.4, -0.2) is 40.8 Å². The average Bonchev–Trinajstić information content (AvgIpc) is 2.70. The number of carbonyl (C=O) groups excluding carboxylic acids is 2. The van der Waals surface area contributed by atoms with Crippen LogP contribution in [0.1, 0.15) is 62.9 Å². The third-order valence-corrected chi connectivity index (χ3v) is 5.39. The van der Waals surface area contributed by atoms with Gasteiger partial charge in [-0.25, -0.2) is 4.79 Å². The Morgan fingerprint density at radius 3 is 2.60 bits per heavy atom. The van der Waals surface area contributed by atoms with Crippen molar-refractivity contribution in [2.75, 3.05) is 6.61 Å². The van der Waals surface area contributed by atoms with Crippen LogP contribution < -0.4 is 4.74 Å². The topological polar surface area (TPSA) is 93.1 Å². The van der Waals surface area contributed by atoms with Gasteiger partial charge in [-0.15, -0.1) is 0 Å². The minimum absolute atomic E-state index is 0.0489. The Bertz CT molecular complexity index is 810. The van der Waals surface area contributed by atoms with Gasteiger partial charge >= 0.3 is 5.97 Å². The highest BCUT2D eigenvalue weighted by Crippen LogP contribution is 2.31. The molecule has 4 atom stereocenters. The first-order chi connectivity index (χ1) is 14.2. The van der Waals surface area contributed by atoms with E-state index in [2.05, 4.69) is 6.92 Å². The fourth-order valence-corrected chi connectivity index (χ4v) is 3.01. The number of hydrogen-bond acceptors (Lipinski definition) is 6. The summed E-state index contributed by atoms with van der Waals surface area (Å²) >= 11 is 0. The highest BCUT2D eigenvalue weighted by Gasteiger charge is 2.24. The van der Waals surface area contributed by atoms with E-state index in [4.69, 9.17) is 9.47 Å². The van der Waals surface area contributed by atoms with Crippen LogP contribution in [0.2, 0.25) is 0 Å². The Balaban J connectivity index is 2.44. The number of hydrogen-bond donors (Lipinski definition) is 2. The standard InChI is InChI=1S/C24H32O6/c1-5-6-12-29-19-13-18-8-7-9-20(25)16(3)21(26)11-10-15(2)17(4)30-24(28)23(18)22(27)14-19/h7-8,10-11,13-17,20,25,27H,5-6,9,12H2,1-4H3/b8-7+,11-10-/t15-,16+,17+,20+/m1/s1. The molecule has 6 heteroatoms. The van der Waals surface area contributed by atoms with Crippen molar-refractivity contribution in [1.29, 1.82) is 0 Å². The largest absolute Gasteiger partial charge is 0.507 e. The summed E-state index contributed by atoms with van der Waals surface area (Å²) in [5.74, 6) is -1.38. The molecule has 0 aromatic heterocycles. The van der Waals surface area contributed by atoms with Crippen molar-refractivity contribution in [2.45, 2.75) is 59.2 Å². The first-order valence-corrected chi connectivity index (χ1v) is 10.5. The molecule has 1 aromatic carbocycles. The predicted molar refractivity (Wildman–Crippen MR) is 116 cm³/mol. The number of aromatic hydroxyl groups is 1. The number of benzene rings is 1. The maximum atomic E-state index is 12.8. The van der Waals surface area contributed by atoms with E-state index in [0.29, 0.717) is 17.9 Å². The summed E-state index contributed by atoms with van der Waals surface area (Å²) in [5.41, 5.74) is 0.484. The number of carbonyl (C=O) groups is 2. The lowest BCUT2D eigenvalue weighted by atomic mass is 9.94. The molecule has 0 amide bonds. The number of fused-ring (bicyclic) bond motifs is 1. The fourth-order valence-electron chi connectivity index (χ4n) is 3.01. The van der Waals surface area contributed by atoms with Crippen LogP contribution in [0, 0.1) is 11.8 Å². The van der Waals surface area contributed by atoms with E-state index in [1.54, 1.807) is 38.1 Å². The fraction of sp³-hybridized carbons (Fsp3) is 0.500. The summed E-state index contributed by atoms with van der Waals surface area (Å²) in [4.78, 5) is 25.1. The molecule has 1 heterocycles. The van der Waals surface area contributed by atoms with E-state index < -0.39 is 24.1 Å². The van der Waals surface area contributed by atoms with Crippen LogP contribution in [0.4, 0.5) is 0 Å². The number of esters is 1. The lowest BCUT2D eigenvalue weighted by Gasteiger charge is -2.20. The number of phenols is 1. The van der Waals surface area contributed by atoms with Crippen LogP contribution in [0.5, 0.6) is 11.5 Å². The number of cyclic esters (lactones) is 1. The second-order valence-electron chi connectivity index (χ2n) is 7.83. The third-order valence-electron chi connectivity index (χ3n) is 5.39. The number of ketones is 1. The lowest BCUT2D eigenvalue weighted by Crippen LogP contribution is -2.25. The molecule has 2 N–H and O–H groups in total. The minimum Gasteiger partial charge on any atom is -0.507 e. The molecule has 0 fully saturated rings. The predicted octanol–water partition coefficient (Wildman–Crippen LogP) is 4.29. The number of rotatable bonds is 4. The van der Waals surface area contributed by atoms with Crippen molar-refractivity contribution in [3.05, 3.63) is 41.5 Å². The van der Waals surface area contributed by atoms with Crippen molar-refractivity contribution < 1.29 is 29.3 Å². The van der Waals surface area contributed by atoms with Crippen molar-refractivity contribution in [3.63, 3.8) is 0 Å². The van der Waals surface area contributed by atoms with Crippen LogP contribution in [0.3, 0.4) is 0 Å². The molecule has 164 valence electrons. The Hall–Kier alpha value is -2.60. The third kappa shape index (κ3) is 6.20. The minimum atomic E-state index is -0.859. The van der Waals surface area contributed by atoms with E-state index in [0.717, 1.165) is 12.8 Å². The number of ether oxygens (including phenoxy) is 2. The lowest BCUT2D eigenvalue weighted by molar-refractivity contribution is -0.120. The summed E-state index contributed by atoms with van der Waals surface area (Å²) in [7, 11) is 0. The molecule has 0 saturated carbocycles. The van der Waals surface area contributed by atoms with E-state index in [-0.39, 0.29) is 29.4 Å². The molecule has 6 nitrogen and oxygen atoms in total. The van der Waals surface area contributed by atoms with Crippen molar-refractivity contribution in [2.24, 2.45) is 11.8 Å². The zero-order chi connectivity index (χ0) is 22.3. The van der Waals surface area contributed by atoms with Gasteiger partial charge in [-0.2, -0.15) is 0 Å². The van der Waals surface area contributed by atoms with Crippen LogP contribution in [0.15, 0.2) is 30.4 Å². The molecule has 1 aromatic rings. The van der Waals surface area contributed by atoms with Crippen LogP contribution >= 0.6 is 0 Å². The molecular formula is C24H32O6. The van der Waals surface area contributed by atoms with Crippen molar-refractivity contribution >= 4 is 17.8 Å². The van der Waals surface area contributed by atoms with Crippen LogP contribution in [-0.2, 0) is 9.53 Å². The summed E-state index contributed by atoms with van der Waals surface area (Å²) in [6.45, 7) is 7.81. The molecular weight excluding hydrogens is 384 g/mol. The highest BCUT2D eigenvalue weighted by molar-refractivity contribution is 5.97. The molecule has 0 bridgehead atoms. The summed E-state index contributed by atoms with van der Waals surface area (Å²) < 4.78 is 11.2. The van der Waals surface area contributed by atoms with Gasteiger partial charge in [0.15, 0.2) is 5.78 Å². The molecule has 30 heavy (non-hydrogen) atoms. The van der Waals surface area contributed by atoms with E-state index in [1.165, 1.54) is 12.1 Å². The number of allylic oxidation sites excluding steroid dienone is 1. The number of phenolic OH excluding ortho intramolecular Hbond substituents is 1. The average molecular weight is 417 g/mol. The summed E-state index contributed by atoms with van der Waals surface area (Å²) in [5, 5.41) is 20.9. The zero-order valence-corrected chi connectivity index (χ0v) is 18.1. The first kappa shape index (κ1) is 23.7. The number of aliphatic hydroxyl groups excluding tert-OH is 1. The second-order valence-corrected chi connectivity index (χ2v) is 7.83. The molecule has 0 aliphatic carbocycles. The monoisotopic (exact) mass is 416 g/mol. The van der Waals surface area contributed by atoms with Gasteiger partial charge in [-0.3, -0.25) is 4.79 Å². The molecule has 2 rings (SSSR count). The Kier molecular flexibility index (Phi) is 8.66. The molecule has 0 saturated heterocycles. The van der Waals surface area contributed by atoms with E-state index in [1.807, 2.05) is 6.92 Å². The van der Waals surface area contributed by atoms with Gasteiger partial charge in [0.25, 0.3) is 0 Å². The molecule has 0 unspecified atom stereocenters. The molecule has 1 aliphatic rings. The molecule has 0 spiro atoms. The smallest absolute Gasteiger partial charge is 0.342 e. The van der Waals surface area contributed by atoms with Gasteiger partial charge in [-0.05, 0) is 37.5 Å². The van der Waals surface area contributed by atoms with E-state index >= 15 is 0 Å². The normalized spacial score (nSPS) is 27.5. The number of aliphatic hydroxyl groups is 1.